The molecule has 0 saturated carbocycles. The van der Waals surface area contributed by atoms with Crippen molar-refractivity contribution in [2.75, 3.05) is 0 Å². The molecule has 1 aliphatic carbocycles. The Labute approximate surface area is 145 Å². The number of phenolic OH excluding ortho intramolecular Hbond substituents is 1. The van der Waals surface area contributed by atoms with Gasteiger partial charge in [0.15, 0.2) is 11.5 Å². The van der Waals surface area contributed by atoms with Crippen molar-refractivity contribution < 1.29 is 9.84 Å². The summed E-state index contributed by atoms with van der Waals surface area (Å²) in [5.74, 6) is 0.955. The van der Waals surface area contributed by atoms with Crippen LogP contribution in [0, 0.1) is 6.92 Å². The highest BCUT2D eigenvalue weighted by atomic mass is 35.5. The first-order chi connectivity index (χ1) is 11.0. The van der Waals surface area contributed by atoms with Crippen LogP contribution in [-0.4, -0.2) is 10.5 Å². The molecule has 0 amide bonds. The van der Waals surface area contributed by atoms with Crippen LogP contribution in [0.5, 0.6) is 11.5 Å². The van der Waals surface area contributed by atoms with Gasteiger partial charge in [-0.1, -0.05) is 47.5 Å². The Bertz CT molecular complexity index is 794. The van der Waals surface area contributed by atoms with E-state index in [1.165, 1.54) is 5.56 Å². The van der Waals surface area contributed by atoms with Gasteiger partial charge in [0.25, 0.3) is 0 Å². The predicted molar refractivity (Wildman–Crippen MR) is 95.2 cm³/mol. The van der Waals surface area contributed by atoms with Crippen LogP contribution in [0.3, 0.4) is 0 Å². The van der Waals surface area contributed by atoms with Gasteiger partial charge in [0, 0.05) is 0 Å². The van der Waals surface area contributed by atoms with Crippen LogP contribution in [0.2, 0.25) is 0 Å². The van der Waals surface area contributed by atoms with Gasteiger partial charge in [-0.05, 0) is 48.8 Å². The fourth-order valence-electron chi connectivity index (χ4n) is 2.44. The van der Waals surface area contributed by atoms with Crippen LogP contribution < -0.4 is 4.74 Å². The molecule has 0 fully saturated rings. The van der Waals surface area contributed by atoms with E-state index >= 15 is 0 Å². The number of phenols is 1. The summed E-state index contributed by atoms with van der Waals surface area (Å²) in [4.78, 5) is 0. The van der Waals surface area contributed by atoms with E-state index in [0.717, 1.165) is 11.1 Å². The van der Waals surface area contributed by atoms with Gasteiger partial charge in [0.2, 0.25) is 0 Å². The number of alkyl halides is 1. The van der Waals surface area contributed by atoms with Crippen molar-refractivity contribution in [2.45, 2.75) is 18.7 Å². The molecule has 0 saturated heterocycles. The Balaban J connectivity index is 1.84. The van der Waals surface area contributed by atoms with E-state index in [1.54, 1.807) is 18.2 Å². The number of halogens is 2. The molecule has 1 N–H and O–H groups in total. The molecule has 2 nitrogen and oxygen atoms in total. The Kier molecular flexibility index (Phi) is 4.65. The van der Waals surface area contributed by atoms with E-state index in [0.29, 0.717) is 23.0 Å². The van der Waals surface area contributed by atoms with Crippen molar-refractivity contribution in [3.63, 3.8) is 0 Å². The number of hydrogen-bond acceptors (Lipinski definition) is 2. The van der Waals surface area contributed by atoms with Crippen molar-refractivity contribution in [3.05, 3.63) is 71.0 Å². The van der Waals surface area contributed by atoms with Gasteiger partial charge in [-0.25, -0.2) is 0 Å². The molecule has 23 heavy (non-hydrogen) atoms. The number of ether oxygens (including phenoxy) is 1. The molecular weight excluding hydrogens is 331 g/mol. The highest BCUT2D eigenvalue weighted by molar-refractivity contribution is 6.33. The SMILES string of the molecule is Cc1cccc(-c2ccc(OC3=CCC(Cl)C=C3Cl)c(O)c2)c1. The number of rotatable bonds is 3. The third-order valence-electron chi connectivity index (χ3n) is 3.62. The molecule has 1 aliphatic rings. The molecule has 118 valence electrons. The standard InChI is InChI=1S/C19H16Cl2O2/c1-12-3-2-4-13(9-12)14-5-7-19(17(22)10-14)23-18-8-6-15(20)11-16(18)21/h2-5,7-11,15,22H,6H2,1H3. The summed E-state index contributed by atoms with van der Waals surface area (Å²) in [5.41, 5.74) is 3.15. The molecule has 2 aromatic rings. The largest absolute Gasteiger partial charge is 0.504 e. The average Bonchev–Trinajstić information content (AvgIpc) is 2.51. The van der Waals surface area contributed by atoms with Crippen molar-refractivity contribution in [2.24, 2.45) is 0 Å². The summed E-state index contributed by atoms with van der Waals surface area (Å²) >= 11 is 12.1. The second-order valence-corrected chi connectivity index (χ2v) is 6.46. The number of aromatic hydroxyl groups is 1. The summed E-state index contributed by atoms with van der Waals surface area (Å²) in [7, 11) is 0. The van der Waals surface area contributed by atoms with Gasteiger partial charge in [0.1, 0.15) is 5.76 Å². The minimum Gasteiger partial charge on any atom is -0.504 e. The lowest BCUT2D eigenvalue weighted by Crippen LogP contribution is -2.05. The van der Waals surface area contributed by atoms with Crippen LogP contribution in [0.1, 0.15) is 12.0 Å². The Morgan fingerprint density at radius 3 is 2.61 bits per heavy atom. The lowest BCUT2D eigenvalue weighted by Gasteiger charge is -2.16. The van der Waals surface area contributed by atoms with E-state index in [2.05, 4.69) is 6.07 Å². The van der Waals surface area contributed by atoms with Gasteiger partial charge in [-0.15, -0.1) is 11.6 Å². The Hall–Kier alpha value is -1.90. The average molecular weight is 347 g/mol. The van der Waals surface area contributed by atoms with Gasteiger partial charge in [-0.2, -0.15) is 0 Å². The molecule has 3 rings (SSSR count). The van der Waals surface area contributed by atoms with Crippen molar-refractivity contribution in [1.82, 2.24) is 0 Å². The second-order valence-electron chi connectivity index (χ2n) is 5.49. The summed E-state index contributed by atoms with van der Waals surface area (Å²) in [6, 6.07) is 13.4. The van der Waals surface area contributed by atoms with E-state index in [1.807, 2.05) is 37.3 Å². The monoisotopic (exact) mass is 346 g/mol. The minimum absolute atomic E-state index is 0.0716. The molecule has 4 heteroatoms. The molecule has 2 aromatic carbocycles. The quantitative estimate of drug-likeness (QED) is 0.715. The van der Waals surface area contributed by atoms with E-state index in [4.69, 9.17) is 27.9 Å². The maximum absolute atomic E-state index is 10.3. The van der Waals surface area contributed by atoms with Crippen LogP contribution in [0.4, 0.5) is 0 Å². The van der Waals surface area contributed by atoms with Crippen molar-refractivity contribution >= 4 is 23.2 Å². The summed E-state index contributed by atoms with van der Waals surface area (Å²) in [6.45, 7) is 2.04. The van der Waals surface area contributed by atoms with Gasteiger partial charge < -0.3 is 9.84 Å². The number of allylic oxidation sites excluding steroid dienone is 3. The van der Waals surface area contributed by atoms with Gasteiger partial charge >= 0.3 is 0 Å². The van der Waals surface area contributed by atoms with Gasteiger partial charge in [-0.3, -0.25) is 0 Å². The molecule has 0 heterocycles. The first-order valence-corrected chi connectivity index (χ1v) is 8.14. The second kappa shape index (κ2) is 6.69. The summed E-state index contributed by atoms with van der Waals surface area (Å²) < 4.78 is 5.71. The molecule has 1 unspecified atom stereocenters. The van der Waals surface area contributed by atoms with Crippen molar-refractivity contribution in [3.8, 4) is 22.6 Å². The van der Waals surface area contributed by atoms with E-state index < -0.39 is 0 Å². The molecular formula is C19H16Cl2O2. The van der Waals surface area contributed by atoms with Crippen LogP contribution in [0.25, 0.3) is 11.1 Å². The van der Waals surface area contributed by atoms with Crippen LogP contribution in [0.15, 0.2) is 65.4 Å². The zero-order valence-corrected chi connectivity index (χ0v) is 14.1. The third-order valence-corrected chi connectivity index (χ3v) is 4.24. The normalized spacial score (nSPS) is 17.4. The molecule has 0 bridgehead atoms. The fraction of sp³-hybridized carbons (Fsp3) is 0.158. The van der Waals surface area contributed by atoms with E-state index in [9.17, 15) is 5.11 Å². The fourth-order valence-corrected chi connectivity index (χ4v) is 2.99. The summed E-state index contributed by atoms with van der Waals surface area (Å²) in [5, 5.41) is 10.6. The Morgan fingerprint density at radius 1 is 1.13 bits per heavy atom. The zero-order valence-electron chi connectivity index (χ0n) is 12.6. The predicted octanol–water partition coefficient (Wildman–Crippen LogP) is 5.76. The maximum Gasteiger partial charge on any atom is 0.169 e. The highest BCUT2D eigenvalue weighted by Gasteiger charge is 2.16. The first kappa shape index (κ1) is 16.0. The summed E-state index contributed by atoms with van der Waals surface area (Å²) in [6.07, 6.45) is 4.21. The topological polar surface area (TPSA) is 29.5 Å². The molecule has 0 aliphatic heterocycles. The van der Waals surface area contributed by atoms with Crippen LogP contribution >= 0.6 is 23.2 Å². The first-order valence-electron chi connectivity index (χ1n) is 7.33. The number of benzene rings is 2. The Morgan fingerprint density at radius 2 is 1.91 bits per heavy atom. The molecule has 0 radical (unpaired) electrons. The lowest BCUT2D eigenvalue weighted by atomic mass is 10.0. The molecule has 1 atom stereocenters. The van der Waals surface area contributed by atoms with Crippen LogP contribution in [-0.2, 0) is 0 Å². The lowest BCUT2D eigenvalue weighted by molar-refractivity contribution is 0.388. The number of hydrogen-bond donors (Lipinski definition) is 1. The maximum atomic E-state index is 10.3. The third kappa shape index (κ3) is 3.72. The van der Waals surface area contributed by atoms with Crippen molar-refractivity contribution in [1.29, 1.82) is 0 Å². The molecule has 0 aromatic heterocycles. The highest BCUT2D eigenvalue weighted by Crippen LogP contribution is 2.35. The van der Waals surface area contributed by atoms with Gasteiger partial charge in [0.05, 0.1) is 10.4 Å². The smallest absolute Gasteiger partial charge is 0.169 e. The molecule has 0 spiro atoms. The zero-order chi connectivity index (χ0) is 16.4. The number of aryl methyl sites for hydroxylation is 1. The minimum atomic E-state index is -0.118. The van der Waals surface area contributed by atoms with E-state index in [-0.39, 0.29) is 11.1 Å².